The molecule has 17 heavy (non-hydrogen) atoms. The Kier molecular flexibility index (Phi) is 3.50. The predicted octanol–water partition coefficient (Wildman–Crippen LogP) is 1.84. The summed E-state index contributed by atoms with van der Waals surface area (Å²) in [6, 6.07) is 0. The minimum Gasteiger partial charge on any atom is -0.465 e. The molecule has 0 amide bonds. The van der Waals surface area contributed by atoms with Crippen molar-refractivity contribution >= 4 is 11.9 Å². The summed E-state index contributed by atoms with van der Waals surface area (Å²) in [4.78, 5) is 23.5. The van der Waals surface area contributed by atoms with Crippen molar-refractivity contribution in [2.24, 2.45) is 11.3 Å². The molecule has 2 aliphatic rings. The molecule has 4 heteroatoms. The van der Waals surface area contributed by atoms with Crippen molar-refractivity contribution in [3.05, 3.63) is 12.2 Å². The number of ether oxygens (including phenoxy) is 2. The maximum atomic E-state index is 12.2. The van der Waals surface area contributed by atoms with Crippen molar-refractivity contribution in [2.45, 2.75) is 32.6 Å². The molecule has 2 atom stereocenters. The van der Waals surface area contributed by atoms with Gasteiger partial charge in [-0.25, -0.2) is 0 Å². The number of hydrogen-bond acceptors (Lipinski definition) is 4. The highest BCUT2D eigenvalue weighted by Gasteiger charge is 2.49. The van der Waals surface area contributed by atoms with Gasteiger partial charge in [-0.1, -0.05) is 12.2 Å². The first-order valence-electron chi connectivity index (χ1n) is 6.18. The van der Waals surface area contributed by atoms with Gasteiger partial charge in [-0.3, -0.25) is 9.59 Å². The van der Waals surface area contributed by atoms with Gasteiger partial charge < -0.3 is 9.47 Å². The average molecular weight is 238 g/mol. The molecule has 1 aliphatic heterocycles. The van der Waals surface area contributed by atoms with Gasteiger partial charge in [0.15, 0.2) is 0 Å². The lowest BCUT2D eigenvalue weighted by atomic mass is 9.68. The monoisotopic (exact) mass is 238 g/mol. The number of esters is 2. The van der Waals surface area contributed by atoms with Crippen LogP contribution >= 0.6 is 0 Å². The number of rotatable bonds is 2. The lowest BCUT2D eigenvalue weighted by molar-refractivity contribution is -0.165. The van der Waals surface area contributed by atoms with E-state index in [2.05, 4.69) is 6.08 Å². The van der Waals surface area contributed by atoms with Gasteiger partial charge in [0.1, 0.15) is 12.0 Å². The highest BCUT2D eigenvalue weighted by atomic mass is 16.6. The maximum absolute atomic E-state index is 12.2. The largest absolute Gasteiger partial charge is 0.465 e. The predicted molar refractivity (Wildman–Crippen MR) is 61.1 cm³/mol. The molecule has 0 aromatic rings. The van der Waals surface area contributed by atoms with Crippen molar-refractivity contribution in [1.29, 1.82) is 0 Å². The van der Waals surface area contributed by atoms with E-state index in [1.165, 1.54) is 0 Å². The Morgan fingerprint density at radius 2 is 2.47 bits per heavy atom. The highest BCUT2D eigenvalue weighted by molar-refractivity contribution is 5.80. The molecule has 0 bridgehead atoms. The van der Waals surface area contributed by atoms with E-state index in [1.807, 2.05) is 6.08 Å². The standard InChI is InChI=1S/C13H18O4/c1-2-16-12(15)13-8-4-3-5-10(13)6-7-11(14)17-9-13/h3,5,10H,2,4,6-9H2,1H3/t10-,13-/m0/s1. The van der Waals surface area contributed by atoms with Crippen LogP contribution in [0.25, 0.3) is 0 Å². The summed E-state index contributed by atoms with van der Waals surface area (Å²) in [7, 11) is 0. The van der Waals surface area contributed by atoms with E-state index in [-0.39, 0.29) is 24.5 Å². The Bertz CT molecular complexity index is 347. The molecule has 1 aliphatic carbocycles. The van der Waals surface area contributed by atoms with Gasteiger partial charge in [0.05, 0.1) is 6.61 Å². The summed E-state index contributed by atoms with van der Waals surface area (Å²) in [5, 5.41) is 0. The fourth-order valence-corrected chi connectivity index (χ4v) is 2.66. The molecule has 0 aromatic carbocycles. The SMILES string of the molecule is CCOC(=O)[C@]12CCC=C[C@H]1CCC(=O)OC2. The van der Waals surface area contributed by atoms with Gasteiger partial charge in [0.25, 0.3) is 0 Å². The van der Waals surface area contributed by atoms with Gasteiger partial charge in [-0.2, -0.15) is 0 Å². The summed E-state index contributed by atoms with van der Waals surface area (Å²) in [5.41, 5.74) is -0.642. The normalized spacial score (nSPS) is 32.3. The smallest absolute Gasteiger partial charge is 0.316 e. The second-order valence-electron chi connectivity index (χ2n) is 4.65. The van der Waals surface area contributed by atoms with Crippen LogP contribution in [0.15, 0.2) is 12.2 Å². The van der Waals surface area contributed by atoms with Crippen LogP contribution in [0.5, 0.6) is 0 Å². The summed E-state index contributed by atoms with van der Waals surface area (Å²) in [6.07, 6.45) is 6.73. The Balaban J connectivity index is 2.26. The molecular weight excluding hydrogens is 220 g/mol. The van der Waals surface area contributed by atoms with Crippen molar-refractivity contribution in [3.8, 4) is 0 Å². The first-order valence-corrected chi connectivity index (χ1v) is 6.18. The zero-order chi connectivity index (χ0) is 12.3. The van der Waals surface area contributed by atoms with E-state index in [0.29, 0.717) is 25.9 Å². The Labute approximate surface area is 101 Å². The summed E-state index contributed by atoms with van der Waals surface area (Å²) >= 11 is 0. The second-order valence-corrected chi connectivity index (χ2v) is 4.65. The van der Waals surface area contributed by atoms with Crippen LogP contribution in [0.1, 0.15) is 32.6 Å². The molecule has 0 aromatic heterocycles. The topological polar surface area (TPSA) is 52.6 Å². The van der Waals surface area contributed by atoms with Crippen LogP contribution in [-0.4, -0.2) is 25.2 Å². The Morgan fingerprint density at radius 3 is 3.24 bits per heavy atom. The average Bonchev–Trinajstić information content (AvgIpc) is 2.51. The van der Waals surface area contributed by atoms with Gasteiger partial charge >= 0.3 is 11.9 Å². The third kappa shape index (κ3) is 2.21. The molecule has 0 unspecified atom stereocenters. The molecule has 1 fully saturated rings. The first-order chi connectivity index (χ1) is 8.19. The van der Waals surface area contributed by atoms with Gasteiger partial charge in [-0.05, 0) is 32.1 Å². The summed E-state index contributed by atoms with van der Waals surface area (Å²) < 4.78 is 10.3. The molecule has 0 radical (unpaired) electrons. The first kappa shape index (κ1) is 12.1. The lowest BCUT2D eigenvalue weighted by Crippen LogP contribution is -2.43. The molecule has 0 N–H and O–H groups in total. The molecular formula is C13H18O4. The van der Waals surface area contributed by atoms with Gasteiger partial charge in [0.2, 0.25) is 0 Å². The zero-order valence-corrected chi connectivity index (χ0v) is 10.1. The molecule has 2 rings (SSSR count). The van der Waals surface area contributed by atoms with Crippen molar-refractivity contribution in [1.82, 2.24) is 0 Å². The van der Waals surface area contributed by atoms with Gasteiger partial charge in [-0.15, -0.1) is 0 Å². The quantitative estimate of drug-likeness (QED) is 0.544. The molecule has 1 heterocycles. The van der Waals surface area contributed by atoms with E-state index < -0.39 is 5.41 Å². The lowest BCUT2D eigenvalue weighted by Gasteiger charge is -2.36. The van der Waals surface area contributed by atoms with Crippen molar-refractivity contribution < 1.29 is 19.1 Å². The number of carbonyl (C=O) groups excluding carboxylic acids is 2. The van der Waals surface area contributed by atoms with E-state index >= 15 is 0 Å². The minimum absolute atomic E-state index is 0.0711. The Morgan fingerprint density at radius 1 is 1.65 bits per heavy atom. The van der Waals surface area contributed by atoms with Crippen LogP contribution in [0.2, 0.25) is 0 Å². The van der Waals surface area contributed by atoms with E-state index in [1.54, 1.807) is 6.92 Å². The van der Waals surface area contributed by atoms with E-state index in [4.69, 9.17) is 9.47 Å². The van der Waals surface area contributed by atoms with E-state index in [0.717, 1.165) is 6.42 Å². The molecule has 0 spiro atoms. The number of fused-ring (bicyclic) bond motifs is 1. The third-order valence-electron chi connectivity index (χ3n) is 3.67. The number of carbonyl (C=O) groups is 2. The highest BCUT2D eigenvalue weighted by Crippen LogP contribution is 2.43. The fraction of sp³-hybridized carbons (Fsp3) is 0.692. The number of cyclic esters (lactones) is 1. The molecule has 0 saturated carbocycles. The summed E-state index contributed by atoms with van der Waals surface area (Å²) in [6.45, 7) is 2.33. The summed E-state index contributed by atoms with van der Waals surface area (Å²) in [5.74, 6) is -0.359. The maximum Gasteiger partial charge on any atom is 0.316 e. The van der Waals surface area contributed by atoms with Gasteiger partial charge in [0, 0.05) is 6.42 Å². The Hall–Kier alpha value is -1.32. The van der Waals surface area contributed by atoms with Crippen LogP contribution in [0.4, 0.5) is 0 Å². The van der Waals surface area contributed by atoms with Crippen LogP contribution in [-0.2, 0) is 19.1 Å². The molecule has 1 saturated heterocycles. The van der Waals surface area contributed by atoms with Crippen molar-refractivity contribution in [3.63, 3.8) is 0 Å². The molecule has 4 nitrogen and oxygen atoms in total. The number of hydrogen-bond donors (Lipinski definition) is 0. The third-order valence-corrected chi connectivity index (χ3v) is 3.67. The second kappa shape index (κ2) is 4.90. The van der Waals surface area contributed by atoms with Crippen molar-refractivity contribution in [2.75, 3.05) is 13.2 Å². The minimum atomic E-state index is -0.642. The fourth-order valence-electron chi connectivity index (χ4n) is 2.66. The van der Waals surface area contributed by atoms with Crippen LogP contribution in [0.3, 0.4) is 0 Å². The molecule has 94 valence electrons. The van der Waals surface area contributed by atoms with Crippen LogP contribution in [0, 0.1) is 11.3 Å². The number of allylic oxidation sites excluding steroid dienone is 2. The van der Waals surface area contributed by atoms with Crippen LogP contribution < -0.4 is 0 Å². The van der Waals surface area contributed by atoms with E-state index in [9.17, 15) is 9.59 Å². The zero-order valence-electron chi connectivity index (χ0n) is 10.1.